The third kappa shape index (κ3) is 2.63. The first-order valence-corrected chi connectivity index (χ1v) is 7.85. The summed E-state index contributed by atoms with van der Waals surface area (Å²) in [5.41, 5.74) is 1.80. The predicted octanol–water partition coefficient (Wildman–Crippen LogP) is 1.27. The number of aryl methyl sites for hydroxylation is 1. The highest BCUT2D eigenvalue weighted by Gasteiger charge is 2.19. The number of thiazole rings is 1. The molecular formula is C14H19N3O2S. The van der Waals surface area contributed by atoms with E-state index in [0.717, 1.165) is 48.8 Å². The van der Waals surface area contributed by atoms with Gasteiger partial charge in [-0.25, -0.2) is 4.98 Å². The normalized spacial score (nSPS) is 17.9. The minimum atomic E-state index is 0.00833. The standard InChI is InChI=1S/C14H19N3O2S/c1-10-9-20-14-15-12(6-13(19)17(10)14)7-16-4-2-11(8-18)3-5-16/h6,9,11,18H,2-5,7-8H2,1H3. The van der Waals surface area contributed by atoms with E-state index in [9.17, 15) is 4.79 Å². The molecule has 0 aromatic carbocycles. The van der Waals surface area contributed by atoms with Gasteiger partial charge in [0.15, 0.2) is 4.96 Å². The Morgan fingerprint density at radius 3 is 2.90 bits per heavy atom. The van der Waals surface area contributed by atoms with Crippen LogP contribution in [0.15, 0.2) is 16.2 Å². The maximum atomic E-state index is 12.1. The second-order valence-electron chi connectivity index (χ2n) is 5.48. The molecule has 0 amide bonds. The average molecular weight is 293 g/mol. The maximum Gasteiger partial charge on any atom is 0.259 e. The van der Waals surface area contributed by atoms with Gasteiger partial charge in [0.25, 0.3) is 5.56 Å². The zero-order chi connectivity index (χ0) is 14.1. The number of aliphatic hydroxyl groups is 1. The zero-order valence-corrected chi connectivity index (χ0v) is 12.4. The molecule has 1 aliphatic heterocycles. The molecule has 20 heavy (non-hydrogen) atoms. The van der Waals surface area contributed by atoms with Gasteiger partial charge >= 0.3 is 0 Å². The average Bonchev–Trinajstić information content (AvgIpc) is 2.81. The molecule has 0 bridgehead atoms. The molecule has 2 aromatic rings. The van der Waals surface area contributed by atoms with Crippen LogP contribution in [0.2, 0.25) is 0 Å². The van der Waals surface area contributed by atoms with Gasteiger partial charge in [-0.2, -0.15) is 0 Å². The summed E-state index contributed by atoms with van der Waals surface area (Å²) in [5.74, 6) is 0.437. The van der Waals surface area contributed by atoms with Crippen LogP contribution >= 0.6 is 11.3 Å². The summed E-state index contributed by atoms with van der Waals surface area (Å²) in [4.78, 5) is 19.8. The smallest absolute Gasteiger partial charge is 0.259 e. The van der Waals surface area contributed by atoms with Crippen molar-refractivity contribution >= 4 is 16.3 Å². The molecule has 0 radical (unpaired) electrons. The largest absolute Gasteiger partial charge is 0.396 e. The van der Waals surface area contributed by atoms with E-state index in [2.05, 4.69) is 9.88 Å². The topological polar surface area (TPSA) is 57.8 Å². The molecule has 2 aromatic heterocycles. The van der Waals surface area contributed by atoms with Gasteiger partial charge in [0.1, 0.15) is 0 Å². The van der Waals surface area contributed by atoms with Gasteiger partial charge in [-0.15, -0.1) is 11.3 Å². The Hall–Kier alpha value is -1.24. The number of likely N-dealkylation sites (tertiary alicyclic amines) is 1. The highest BCUT2D eigenvalue weighted by atomic mass is 32.1. The van der Waals surface area contributed by atoms with Crippen molar-refractivity contribution < 1.29 is 5.11 Å². The lowest BCUT2D eigenvalue weighted by molar-refractivity contribution is 0.126. The highest BCUT2D eigenvalue weighted by molar-refractivity contribution is 7.15. The Bertz CT molecular complexity index is 656. The number of aromatic nitrogens is 2. The molecule has 1 fully saturated rings. The molecule has 3 rings (SSSR count). The van der Waals surface area contributed by atoms with Crippen molar-refractivity contribution in [1.82, 2.24) is 14.3 Å². The first-order valence-electron chi connectivity index (χ1n) is 6.97. The lowest BCUT2D eigenvalue weighted by atomic mass is 9.98. The molecule has 1 N–H and O–H groups in total. The minimum absolute atomic E-state index is 0.00833. The lowest BCUT2D eigenvalue weighted by Gasteiger charge is -2.30. The quantitative estimate of drug-likeness (QED) is 0.926. The molecule has 1 aliphatic rings. The van der Waals surface area contributed by atoms with Crippen molar-refractivity contribution in [3.05, 3.63) is 33.2 Å². The highest BCUT2D eigenvalue weighted by Crippen LogP contribution is 2.18. The van der Waals surface area contributed by atoms with Gasteiger partial charge in [-0.1, -0.05) is 0 Å². The SMILES string of the molecule is Cc1csc2nc(CN3CCC(CO)CC3)cc(=O)n12. The molecule has 5 nitrogen and oxygen atoms in total. The number of aliphatic hydroxyl groups excluding tert-OH is 1. The van der Waals surface area contributed by atoms with Crippen molar-refractivity contribution in [3.8, 4) is 0 Å². The number of hydrogen-bond acceptors (Lipinski definition) is 5. The Morgan fingerprint density at radius 1 is 1.45 bits per heavy atom. The van der Waals surface area contributed by atoms with E-state index in [-0.39, 0.29) is 12.2 Å². The van der Waals surface area contributed by atoms with Crippen LogP contribution in [0, 0.1) is 12.8 Å². The van der Waals surface area contributed by atoms with E-state index in [1.807, 2.05) is 12.3 Å². The van der Waals surface area contributed by atoms with Crippen LogP contribution in [0.5, 0.6) is 0 Å². The Kier molecular flexibility index (Phi) is 3.87. The van der Waals surface area contributed by atoms with E-state index in [0.29, 0.717) is 5.92 Å². The third-order valence-electron chi connectivity index (χ3n) is 3.98. The monoisotopic (exact) mass is 293 g/mol. The molecule has 0 spiro atoms. The van der Waals surface area contributed by atoms with Crippen molar-refractivity contribution in [1.29, 1.82) is 0 Å². The molecule has 0 saturated carbocycles. The summed E-state index contributed by atoms with van der Waals surface area (Å²) >= 11 is 1.51. The summed E-state index contributed by atoms with van der Waals surface area (Å²) in [5, 5.41) is 11.1. The number of hydrogen-bond donors (Lipinski definition) is 1. The minimum Gasteiger partial charge on any atom is -0.396 e. The van der Waals surface area contributed by atoms with Crippen LogP contribution in [0.3, 0.4) is 0 Å². The molecule has 0 aliphatic carbocycles. The number of nitrogens with zero attached hydrogens (tertiary/aromatic N) is 3. The van der Waals surface area contributed by atoms with E-state index in [1.54, 1.807) is 10.5 Å². The van der Waals surface area contributed by atoms with Crippen LogP contribution in [-0.2, 0) is 6.54 Å². The summed E-state index contributed by atoms with van der Waals surface area (Å²) in [7, 11) is 0. The van der Waals surface area contributed by atoms with Crippen molar-refractivity contribution in [2.24, 2.45) is 5.92 Å². The number of rotatable bonds is 3. The summed E-state index contributed by atoms with van der Waals surface area (Å²) in [6.07, 6.45) is 2.05. The number of piperidine rings is 1. The van der Waals surface area contributed by atoms with Crippen molar-refractivity contribution in [3.63, 3.8) is 0 Å². The first-order chi connectivity index (χ1) is 9.67. The maximum absolute atomic E-state index is 12.1. The van der Waals surface area contributed by atoms with Gasteiger partial charge in [0.05, 0.1) is 5.69 Å². The Morgan fingerprint density at radius 2 is 2.20 bits per heavy atom. The fourth-order valence-electron chi connectivity index (χ4n) is 2.74. The Balaban J connectivity index is 1.77. The van der Waals surface area contributed by atoms with Gasteiger partial charge in [-0.3, -0.25) is 14.1 Å². The van der Waals surface area contributed by atoms with Crippen LogP contribution in [0.25, 0.3) is 4.96 Å². The molecule has 0 atom stereocenters. The predicted molar refractivity (Wildman–Crippen MR) is 79.2 cm³/mol. The zero-order valence-electron chi connectivity index (χ0n) is 11.6. The van der Waals surface area contributed by atoms with Crippen molar-refractivity contribution in [2.45, 2.75) is 26.3 Å². The molecule has 1 saturated heterocycles. The molecule has 0 unspecified atom stereocenters. The van der Waals surface area contributed by atoms with E-state index >= 15 is 0 Å². The van der Waals surface area contributed by atoms with E-state index < -0.39 is 0 Å². The van der Waals surface area contributed by atoms with Crippen LogP contribution < -0.4 is 5.56 Å². The van der Waals surface area contributed by atoms with Crippen LogP contribution in [0.4, 0.5) is 0 Å². The van der Waals surface area contributed by atoms with Crippen LogP contribution in [0.1, 0.15) is 24.2 Å². The second-order valence-corrected chi connectivity index (χ2v) is 6.32. The third-order valence-corrected chi connectivity index (χ3v) is 4.92. The van der Waals surface area contributed by atoms with Gasteiger partial charge in [0.2, 0.25) is 0 Å². The molecule has 3 heterocycles. The fraction of sp³-hybridized carbons (Fsp3) is 0.571. The fourth-order valence-corrected chi connectivity index (χ4v) is 3.63. The van der Waals surface area contributed by atoms with E-state index in [4.69, 9.17) is 5.11 Å². The Labute approximate surface area is 121 Å². The summed E-state index contributed by atoms with van der Waals surface area (Å²) in [6, 6.07) is 1.64. The molecule has 108 valence electrons. The second kappa shape index (κ2) is 5.63. The summed E-state index contributed by atoms with van der Waals surface area (Å²) < 4.78 is 1.66. The van der Waals surface area contributed by atoms with Gasteiger partial charge in [0, 0.05) is 30.3 Å². The van der Waals surface area contributed by atoms with Gasteiger partial charge < -0.3 is 5.11 Å². The van der Waals surface area contributed by atoms with Crippen molar-refractivity contribution in [2.75, 3.05) is 19.7 Å². The first kappa shape index (κ1) is 13.7. The molecule has 6 heteroatoms. The summed E-state index contributed by atoms with van der Waals surface area (Å²) in [6.45, 7) is 4.87. The lowest BCUT2D eigenvalue weighted by Crippen LogP contribution is -2.34. The molecular weight excluding hydrogens is 274 g/mol. The van der Waals surface area contributed by atoms with E-state index in [1.165, 1.54) is 11.3 Å². The number of fused-ring (bicyclic) bond motifs is 1. The van der Waals surface area contributed by atoms with Gasteiger partial charge in [-0.05, 0) is 38.8 Å². The van der Waals surface area contributed by atoms with Crippen LogP contribution in [-0.4, -0.2) is 39.1 Å².